The third-order valence-electron chi connectivity index (χ3n) is 2.57. The molecule has 0 radical (unpaired) electrons. The molecule has 1 aromatic rings. The van der Waals surface area contributed by atoms with Crippen LogP contribution in [0.1, 0.15) is 38.3 Å². The smallest absolute Gasteiger partial charge is 0.129 e. The van der Waals surface area contributed by atoms with Crippen molar-refractivity contribution in [2.75, 3.05) is 0 Å². The number of nitrogens with one attached hydrogen (secondary N) is 1. The van der Waals surface area contributed by atoms with Crippen LogP contribution in [0.4, 0.5) is 4.39 Å². The summed E-state index contributed by atoms with van der Waals surface area (Å²) >= 11 is 5.70. The van der Waals surface area contributed by atoms with Gasteiger partial charge in [0.2, 0.25) is 0 Å². The van der Waals surface area contributed by atoms with E-state index in [-0.39, 0.29) is 11.9 Å². The average molecular weight is 245 g/mol. The van der Waals surface area contributed by atoms with Gasteiger partial charge in [-0.25, -0.2) is 4.39 Å². The number of rotatable bonds is 5. The molecule has 1 atom stereocenters. The first-order valence-corrected chi connectivity index (χ1v) is 5.83. The van der Waals surface area contributed by atoms with Crippen molar-refractivity contribution in [3.8, 4) is 0 Å². The van der Waals surface area contributed by atoms with Crippen LogP contribution >= 0.6 is 11.6 Å². The summed E-state index contributed by atoms with van der Waals surface area (Å²) in [5.74, 6) is 5.72. The maximum atomic E-state index is 13.6. The first-order valence-electron chi connectivity index (χ1n) is 5.45. The molecule has 16 heavy (non-hydrogen) atoms. The molecule has 0 aliphatic heterocycles. The normalized spacial score (nSPS) is 13.1. The minimum Gasteiger partial charge on any atom is -0.271 e. The largest absolute Gasteiger partial charge is 0.271 e. The molecule has 4 heteroatoms. The summed E-state index contributed by atoms with van der Waals surface area (Å²) in [6.07, 6.45) is 1.81. The number of halogens is 2. The lowest BCUT2D eigenvalue weighted by Crippen LogP contribution is -2.29. The van der Waals surface area contributed by atoms with E-state index in [0.29, 0.717) is 16.5 Å². The zero-order valence-corrected chi connectivity index (χ0v) is 10.4. The summed E-state index contributed by atoms with van der Waals surface area (Å²) in [4.78, 5) is 0. The Morgan fingerprint density at radius 1 is 1.38 bits per heavy atom. The second-order valence-corrected chi connectivity index (χ2v) is 4.79. The van der Waals surface area contributed by atoms with E-state index in [1.54, 1.807) is 12.1 Å². The Hall–Kier alpha value is -0.640. The zero-order valence-electron chi connectivity index (χ0n) is 9.63. The summed E-state index contributed by atoms with van der Waals surface area (Å²) in [6.45, 7) is 4.26. The van der Waals surface area contributed by atoms with E-state index >= 15 is 0 Å². The van der Waals surface area contributed by atoms with Crippen molar-refractivity contribution in [1.82, 2.24) is 5.43 Å². The van der Waals surface area contributed by atoms with Crippen LogP contribution in [0.15, 0.2) is 18.2 Å². The summed E-state index contributed by atoms with van der Waals surface area (Å²) in [7, 11) is 0. The predicted octanol–water partition coefficient (Wildman–Crippen LogP) is 3.42. The van der Waals surface area contributed by atoms with Gasteiger partial charge in [-0.1, -0.05) is 31.5 Å². The second kappa shape index (κ2) is 6.18. The quantitative estimate of drug-likeness (QED) is 0.615. The van der Waals surface area contributed by atoms with Gasteiger partial charge in [0.1, 0.15) is 5.82 Å². The van der Waals surface area contributed by atoms with Gasteiger partial charge in [0, 0.05) is 16.6 Å². The maximum Gasteiger partial charge on any atom is 0.129 e. The highest BCUT2D eigenvalue weighted by Gasteiger charge is 2.14. The fourth-order valence-electron chi connectivity index (χ4n) is 1.61. The molecule has 0 saturated heterocycles. The van der Waals surface area contributed by atoms with Crippen molar-refractivity contribution >= 4 is 11.6 Å². The van der Waals surface area contributed by atoms with Crippen LogP contribution in [0.3, 0.4) is 0 Å². The van der Waals surface area contributed by atoms with Gasteiger partial charge in [0.05, 0.1) is 0 Å². The fourth-order valence-corrected chi connectivity index (χ4v) is 1.77. The van der Waals surface area contributed by atoms with Crippen LogP contribution in [0.5, 0.6) is 0 Å². The number of nitrogens with two attached hydrogens (primary N) is 1. The molecule has 0 bridgehead atoms. The lowest BCUT2D eigenvalue weighted by atomic mass is 9.98. The Bertz CT molecular complexity index is 342. The topological polar surface area (TPSA) is 38.0 Å². The van der Waals surface area contributed by atoms with Crippen LogP contribution in [0.25, 0.3) is 0 Å². The Morgan fingerprint density at radius 3 is 2.56 bits per heavy atom. The van der Waals surface area contributed by atoms with E-state index in [9.17, 15) is 4.39 Å². The second-order valence-electron chi connectivity index (χ2n) is 4.36. The molecular weight excluding hydrogens is 227 g/mol. The van der Waals surface area contributed by atoms with E-state index < -0.39 is 0 Å². The van der Waals surface area contributed by atoms with E-state index in [0.717, 1.165) is 12.8 Å². The third-order valence-corrected chi connectivity index (χ3v) is 2.81. The van der Waals surface area contributed by atoms with E-state index in [4.69, 9.17) is 17.4 Å². The summed E-state index contributed by atoms with van der Waals surface area (Å²) in [6, 6.07) is 4.53. The molecule has 90 valence electrons. The zero-order chi connectivity index (χ0) is 12.1. The molecule has 1 rings (SSSR count). The number of hydrogen-bond donors (Lipinski definition) is 2. The maximum absolute atomic E-state index is 13.6. The predicted molar refractivity (Wildman–Crippen MR) is 65.5 cm³/mol. The highest BCUT2D eigenvalue weighted by Crippen LogP contribution is 2.24. The minimum atomic E-state index is -0.306. The van der Waals surface area contributed by atoms with Crippen LogP contribution in [-0.4, -0.2) is 0 Å². The molecule has 3 N–H and O–H groups in total. The lowest BCUT2D eigenvalue weighted by Gasteiger charge is -2.18. The van der Waals surface area contributed by atoms with Gasteiger partial charge in [0.25, 0.3) is 0 Å². The van der Waals surface area contributed by atoms with Gasteiger partial charge in [-0.15, -0.1) is 0 Å². The van der Waals surface area contributed by atoms with Gasteiger partial charge in [-0.3, -0.25) is 11.3 Å². The van der Waals surface area contributed by atoms with Gasteiger partial charge in [-0.05, 0) is 30.9 Å². The molecular formula is C12H18ClFN2. The third kappa shape index (κ3) is 3.74. The number of benzene rings is 1. The van der Waals surface area contributed by atoms with Gasteiger partial charge < -0.3 is 0 Å². The molecule has 0 heterocycles. The molecule has 2 nitrogen and oxygen atoms in total. The van der Waals surface area contributed by atoms with Gasteiger partial charge in [-0.2, -0.15) is 0 Å². The molecule has 1 aromatic carbocycles. The van der Waals surface area contributed by atoms with Crippen LogP contribution in [0, 0.1) is 11.7 Å². The van der Waals surface area contributed by atoms with E-state index in [1.807, 2.05) is 0 Å². The Kier molecular flexibility index (Phi) is 5.19. The molecule has 0 saturated carbocycles. The monoisotopic (exact) mass is 244 g/mol. The van der Waals surface area contributed by atoms with Crippen molar-refractivity contribution in [1.29, 1.82) is 0 Å². The van der Waals surface area contributed by atoms with Gasteiger partial charge in [0.15, 0.2) is 0 Å². The fraction of sp³-hybridized carbons (Fsp3) is 0.500. The first kappa shape index (κ1) is 13.4. The van der Waals surface area contributed by atoms with Crippen LogP contribution in [-0.2, 0) is 0 Å². The SMILES string of the molecule is CC(C)CCC(NN)c1ccc(Cl)cc1F. The molecule has 0 aliphatic carbocycles. The summed E-state index contributed by atoms with van der Waals surface area (Å²) in [5, 5.41) is 0.404. The molecule has 0 amide bonds. The Balaban J connectivity index is 2.78. The van der Waals surface area contributed by atoms with E-state index in [1.165, 1.54) is 6.07 Å². The van der Waals surface area contributed by atoms with Crippen LogP contribution in [0.2, 0.25) is 5.02 Å². The first-order chi connectivity index (χ1) is 7.54. The molecule has 0 aliphatic rings. The summed E-state index contributed by atoms with van der Waals surface area (Å²) in [5.41, 5.74) is 3.23. The molecule has 1 unspecified atom stereocenters. The minimum absolute atomic E-state index is 0.153. The molecule has 0 fully saturated rings. The van der Waals surface area contributed by atoms with Crippen LogP contribution < -0.4 is 11.3 Å². The summed E-state index contributed by atoms with van der Waals surface area (Å²) < 4.78 is 13.6. The molecule has 0 aromatic heterocycles. The van der Waals surface area contributed by atoms with Crippen molar-refractivity contribution in [3.63, 3.8) is 0 Å². The molecule has 0 spiro atoms. The lowest BCUT2D eigenvalue weighted by molar-refractivity contribution is 0.434. The van der Waals surface area contributed by atoms with E-state index in [2.05, 4.69) is 19.3 Å². The van der Waals surface area contributed by atoms with Crippen molar-refractivity contribution < 1.29 is 4.39 Å². The highest BCUT2D eigenvalue weighted by atomic mass is 35.5. The Morgan fingerprint density at radius 2 is 2.06 bits per heavy atom. The van der Waals surface area contributed by atoms with Crippen molar-refractivity contribution in [2.45, 2.75) is 32.7 Å². The number of hydrogen-bond acceptors (Lipinski definition) is 2. The Labute approximate surface area is 101 Å². The highest BCUT2D eigenvalue weighted by molar-refractivity contribution is 6.30. The van der Waals surface area contributed by atoms with Crippen molar-refractivity contribution in [3.05, 3.63) is 34.6 Å². The number of hydrazine groups is 1. The standard InChI is InChI=1S/C12H18ClFN2/c1-8(2)3-6-12(16-15)10-5-4-9(13)7-11(10)14/h4-5,7-8,12,16H,3,6,15H2,1-2H3. The van der Waals surface area contributed by atoms with Gasteiger partial charge >= 0.3 is 0 Å². The average Bonchev–Trinajstić information content (AvgIpc) is 2.21. The van der Waals surface area contributed by atoms with Crippen molar-refractivity contribution in [2.24, 2.45) is 11.8 Å².